The number of hydrazone groups is 1. The molecule has 1 atom stereocenters. The van der Waals surface area contributed by atoms with Crippen LogP contribution in [0.3, 0.4) is 0 Å². The van der Waals surface area contributed by atoms with Crippen LogP contribution in [0.15, 0.2) is 29.5 Å². The van der Waals surface area contributed by atoms with Crippen LogP contribution in [0.4, 0.5) is 0 Å². The van der Waals surface area contributed by atoms with Gasteiger partial charge in [-0.05, 0) is 24.6 Å². The summed E-state index contributed by atoms with van der Waals surface area (Å²) in [6, 6.07) is 6.14. The molecule has 19 heavy (non-hydrogen) atoms. The number of carbonyl (C=O) groups is 1. The third-order valence-electron chi connectivity index (χ3n) is 3.43. The summed E-state index contributed by atoms with van der Waals surface area (Å²) in [6.45, 7) is 4.11. The van der Waals surface area contributed by atoms with Gasteiger partial charge in [0.15, 0.2) is 0 Å². The normalized spacial score (nSPS) is 19.4. The van der Waals surface area contributed by atoms with E-state index in [0.29, 0.717) is 6.42 Å². The van der Waals surface area contributed by atoms with Crippen LogP contribution in [0.2, 0.25) is 0 Å². The summed E-state index contributed by atoms with van der Waals surface area (Å²) < 4.78 is 1.87. The number of amides is 1. The van der Waals surface area contributed by atoms with E-state index in [-0.39, 0.29) is 11.8 Å². The molecular weight excluding hydrogens is 240 g/mol. The largest absolute Gasteiger partial charge is 0.273 e. The summed E-state index contributed by atoms with van der Waals surface area (Å²) in [7, 11) is 0. The lowest BCUT2D eigenvalue weighted by molar-refractivity contribution is -0.121. The molecule has 0 aliphatic carbocycles. The van der Waals surface area contributed by atoms with Gasteiger partial charge in [-0.2, -0.15) is 10.2 Å². The van der Waals surface area contributed by atoms with Gasteiger partial charge in [0.1, 0.15) is 0 Å². The van der Waals surface area contributed by atoms with E-state index >= 15 is 0 Å². The fourth-order valence-electron chi connectivity index (χ4n) is 2.38. The molecule has 0 aromatic carbocycles. The molecule has 3 heterocycles. The average molecular weight is 256 g/mol. The predicted molar refractivity (Wildman–Crippen MR) is 73.0 cm³/mol. The topological polar surface area (TPSA) is 58.8 Å². The number of pyridine rings is 1. The smallest absolute Gasteiger partial charge is 0.240 e. The Morgan fingerprint density at radius 2 is 2.32 bits per heavy atom. The Kier molecular flexibility index (Phi) is 2.81. The van der Waals surface area contributed by atoms with Gasteiger partial charge >= 0.3 is 0 Å². The van der Waals surface area contributed by atoms with E-state index < -0.39 is 0 Å². The molecule has 0 bridgehead atoms. The zero-order chi connectivity index (χ0) is 13.4. The highest BCUT2D eigenvalue weighted by Crippen LogP contribution is 2.18. The van der Waals surface area contributed by atoms with Crippen LogP contribution in [-0.4, -0.2) is 21.2 Å². The molecule has 1 N–H and O–H groups in total. The second kappa shape index (κ2) is 4.50. The molecule has 1 aliphatic rings. The Hall–Kier alpha value is -2.17. The van der Waals surface area contributed by atoms with Gasteiger partial charge in [0.05, 0.1) is 16.9 Å². The maximum Gasteiger partial charge on any atom is 0.240 e. The van der Waals surface area contributed by atoms with Crippen molar-refractivity contribution in [2.45, 2.75) is 26.7 Å². The van der Waals surface area contributed by atoms with Crippen LogP contribution < -0.4 is 5.43 Å². The molecule has 1 amide bonds. The molecule has 0 fully saturated rings. The van der Waals surface area contributed by atoms with E-state index in [1.807, 2.05) is 23.7 Å². The second-order valence-electron chi connectivity index (χ2n) is 4.91. The van der Waals surface area contributed by atoms with Crippen molar-refractivity contribution in [1.29, 1.82) is 0 Å². The Morgan fingerprint density at radius 3 is 3.05 bits per heavy atom. The first-order valence-corrected chi connectivity index (χ1v) is 6.52. The van der Waals surface area contributed by atoms with E-state index in [0.717, 1.165) is 28.9 Å². The maximum atomic E-state index is 11.3. The molecule has 2 aromatic heterocycles. The lowest BCUT2D eigenvalue weighted by Gasteiger charge is -2.19. The van der Waals surface area contributed by atoms with Crippen molar-refractivity contribution >= 4 is 17.1 Å². The van der Waals surface area contributed by atoms with Crippen molar-refractivity contribution in [2.75, 3.05) is 0 Å². The maximum absolute atomic E-state index is 11.3. The SMILES string of the molecule is CCc1cc2cc(C3=NNC(=O)CC3C)ccn2n1. The highest BCUT2D eigenvalue weighted by molar-refractivity contribution is 6.06. The van der Waals surface area contributed by atoms with Gasteiger partial charge in [0, 0.05) is 24.1 Å². The number of nitrogens with zero attached hydrogens (tertiary/aromatic N) is 3. The van der Waals surface area contributed by atoms with Gasteiger partial charge in [-0.25, -0.2) is 9.94 Å². The van der Waals surface area contributed by atoms with Crippen LogP contribution in [0.1, 0.15) is 31.5 Å². The molecular formula is C14H16N4O. The number of hydrogen-bond donors (Lipinski definition) is 1. The van der Waals surface area contributed by atoms with Gasteiger partial charge < -0.3 is 0 Å². The van der Waals surface area contributed by atoms with Crippen LogP contribution >= 0.6 is 0 Å². The second-order valence-corrected chi connectivity index (χ2v) is 4.91. The minimum absolute atomic E-state index is 0.0186. The van der Waals surface area contributed by atoms with Crippen LogP contribution in [0.25, 0.3) is 5.52 Å². The number of aryl methyl sites for hydroxylation is 1. The monoisotopic (exact) mass is 256 g/mol. The molecule has 1 aliphatic heterocycles. The van der Waals surface area contributed by atoms with Crippen molar-refractivity contribution in [3.63, 3.8) is 0 Å². The first-order chi connectivity index (χ1) is 9.17. The fourth-order valence-corrected chi connectivity index (χ4v) is 2.38. The van der Waals surface area contributed by atoms with E-state index in [9.17, 15) is 4.79 Å². The first kappa shape index (κ1) is 11.9. The predicted octanol–water partition coefficient (Wildman–Crippen LogP) is 1.76. The number of nitrogens with one attached hydrogen (secondary N) is 1. The third-order valence-corrected chi connectivity index (χ3v) is 3.43. The first-order valence-electron chi connectivity index (χ1n) is 6.52. The lowest BCUT2D eigenvalue weighted by atomic mass is 9.94. The summed E-state index contributed by atoms with van der Waals surface area (Å²) in [5, 5.41) is 8.64. The molecule has 0 saturated heterocycles. The zero-order valence-corrected chi connectivity index (χ0v) is 11.1. The number of hydrogen-bond acceptors (Lipinski definition) is 3. The van der Waals surface area contributed by atoms with E-state index in [2.05, 4.69) is 34.7 Å². The molecule has 0 spiro atoms. The highest BCUT2D eigenvalue weighted by Gasteiger charge is 2.21. The van der Waals surface area contributed by atoms with Crippen LogP contribution in [0, 0.1) is 5.92 Å². The molecule has 2 aromatic rings. The summed E-state index contributed by atoms with van der Waals surface area (Å²) in [6.07, 6.45) is 3.35. The third kappa shape index (κ3) is 2.12. The summed E-state index contributed by atoms with van der Waals surface area (Å²) in [4.78, 5) is 11.3. The fraction of sp³-hybridized carbons (Fsp3) is 0.357. The summed E-state index contributed by atoms with van der Waals surface area (Å²) in [5.41, 5.74) is 6.66. The minimum atomic E-state index is -0.0186. The number of aromatic nitrogens is 2. The van der Waals surface area contributed by atoms with E-state index in [4.69, 9.17) is 0 Å². The van der Waals surface area contributed by atoms with E-state index in [1.54, 1.807) is 0 Å². The van der Waals surface area contributed by atoms with Gasteiger partial charge in [-0.15, -0.1) is 0 Å². The molecule has 0 radical (unpaired) electrons. The van der Waals surface area contributed by atoms with Gasteiger partial charge in [-0.1, -0.05) is 13.8 Å². The minimum Gasteiger partial charge on any atom is -0.273 e. The summed E-state index contributed by atoms with van der Waals surface area (Å²) in [5.74, 6) is 0.125. The van der Waals surface area contributed by atoms with E-state index in [1.165, 1.54) is 0 Å². The van der Waals surface area contributed by atoms with Gasteiger partial charge in [-0.3, -0.25) is 4.79 Å². The number of carbonyl (C=O) groups excluding carboxylic acids is 1. The Labute approximate surface area is 111 Å². The number of rotatable bonds is 2. The molecule has 5 nitrogen and oxygen atoms in total. The molecule has 0 saturated carbocycles. The van der Waals surface area contributed by atoms with Crippen LogP contribution in [-0.2, 0) is 11.2 Å². The summed E-state index contributed by atoms with van der Waals surface area (Å²) >= 11 is 0. The number of fused-ring (bicyclic) bond motifs is 1. The molecule has 1 unspecified atom stereocenters. The van der Waals surface area contributed by atoms with Crippen molar-refractivity contribution in [2.24, 2.45) is 11.0 Å². The highest BCUT2D eigenvalue weighted by atomic mass is 16.2. The Balaban J connectivity index is 2.03. The Morgan fingerprint density at radius 1 is 1.47 bits per heavy atom. The molecule has 5 heteroatoms. The van der Waals surface area contributed by atoms with Crippen molar-refractivity contribution in [3.8, 4) is 0 Å². The van der Waals surface area contributed by atoms with Crippen molar-refractivity contribution < 1.29 is 4.79 Å². The van der Waals surface area contributed by atoms with Gasteiger partial charge in [0.2, 0.25) is 5.91 Å². The van der Waals surface area contributed by atoms with Gasteiger partial charge in [0.25, 0.3) is 0 Å². The lowest BCUT2D eigenvalue weighted by Crippen LogP contribution is -2.31. The Bertz CT molecular complexity index is 671. The van der Waals surface area contributed by atoms with Crippen molar-refractivity contribution in [1.82, 2.24) is 15.0 Å². The molecule has 98 valence electrons. The standard InChI is InChI=1S/C14H16N4O/c1-3-11-8-12-7-10(4-5-18(12)17-11)14-9(2)6-13(19)15-16-14/h4-5,7-9H,3,6H2,1-2H3,(H,15,19). The quantitative estimate of drug-likeness (QED) is 0.890. The molecule has 3 rings (SSSR count). The van der Waals surface area contributed by atoms with Crippen molar-refractivity contribution in [3.05, 3.63) is 35.7 Å². The average Bonchev–Trinajstić information content (AvgIpc) is 2.80. The zero-order valence-electron chi connectivity index (χ0n) is 11.1. The van der Waals surface area contributed by atoms with Crippen LogP contribution in [0.5, 0.6) is 0 Å².